The fourth-order valence-corrected chi connectivity index (χ4v) is 3.31. The highest BCUT2D eigenvalue weighted by molar-refractivity contribution is 7.89. The van der Waals surface area contributed by atoms with Gasteiger partial charge >= 0.3 is 0 Å². The molecule has 1 atom stereocenters. The average molecular weight is 312 g/mol. The molecule has 0 fully saturated rings. The fraction of sp³-hybridized carbons (Fsp3) is 0.500. The van der Waals surface area contributed by atoms with Crippen LogP contribution in [0.4, 0.5) is 8.78 Å². The van der Waals surface area contributed by atoms with Crippen molar-refractivity contribution in [3.8, 4) is 0 Å². The van der Waals surface area contributed by atoms with Crippen molar-refractivity contribution < 1.29 is 17.2 Å². The highest BCUT2D eigenvalue weighted by atomic mass is 35.5. The smallest absolute Gasteiger partial charge is 0.207 e. The highest BCUT2D eigenvalue weighted by Crippen LogP contribution is 2.25. The van der Waals surface area contributed by atoms with Crippen molar-refractivity contribution in [3.63, 3.8) is 0 Å². The lowest BCUT2D eigenvalue weighted by molar-refractivity contribution is 0.377. The molecule has 0 spiro atoms. The Bertz CT molecular complexity index is 563. The molecule has 0 aliphatic carbocycles. The second-order valence-corrected chi connectivity index (χ2v) is 6.48. The number of hydrogen-bond donors (Lipinski definition) is 0. The van der Waals surface area contributed by atoms with Gasteiger partial charge in [0, 0.05) is 18.7 Å². The van der Waals surface area contributed by atoms with Crippen LogP contribution in [-0.2, 0) is 15.9 Å². The predicted molar refractivity (Wildman–Crippen MR) is 70.6 cm³/mol. The van der Waals surface area contributed by atoms with Crippen molar-refractivity contribution in [1.82, 2.24) is 4.31 Å². The van der Waals surface area contributed by atoms with Gasteiger partial charge in [0.2, 0.25) is 10.0 Å². The van der Waals surface area contributed by atoms with Crippen LogP contribution < -0.4 is 0 Å². The third-order valence-electron chi connectivity index (χ3n) is 3.15. The van der Waals surface area contributed by atoms with Gasteiger partial charge in [0.15, 0.2) is 5.82 Å². The molecule has 7 heteroatoms. The van der Waals surface area contributed by atoms with E-state index in [1.54, 1.807) is 6.92 Å². The zero-order chi connectivity index (χ0) is 14.8. The summed E-state index contributed by atoms with van der Waals surface area (Å²) in [6.45, 7) is 3.53. The lowest BCUT2D eigenvalue weighted by Crippen LogP contribution is -2.35. The molecule has 0 aliphatic heterocycles. The van der Waals surface area contributed by atoms with Gasteiger partial charge in [-0.2, -0.15) is 4.31 Å². The first kappa shape index (κ1) is 16.3. The van der Waals surface area contributed by atoms with Crippen molar-refractivity contribution in [3.05, 3.63) is 29.3 Å². The van der Waals surface area contributed by atoms with E-state index in [2.05, 4.69) is 0 Å². The van der Waals surface area contributed by atoms with E-state index in [9.17, 15) is 17.2 Å². The first-order valence-electron chi connectivity index (χ1n) is 5.78. The molecule has 0 saturated carbocycles. The number of halogens is 3. The maximum Gasteiger partial charge on any atom is 0.245 e. The summed E-state index contributed by atoms with van der Waals surface area (Å²) in [7, 11) is -2.63. The summed E-state index contributed by atoms with van der Waals surface area (Å²) < 4.78 is 52.9. The Morgan fingerprint density at radius 1 is 1.37 bits per heavy atom. The Balaban J connectivity index is 3.38. The van der Waals surface area contributed by atoms with Crippen LogP contribution in [0.5, 0.6) is 0 Å². The first-order chi connectivity index (χ1) is 8.77. The van der Waals surface area contributed by atoms with Gasteiger partial charge in [-0.15, -0.1) is 11.6 Å². The average Bonchev–Trinajstić information content (AvgIpc) is 2.37. The van der Waals surface area contributed by atoms with E-state index in [1.807, 2.05) is 6.92 Å². The van der Waals surface area contributed by atoms with Crippen LogP contribution in [0.15, 0.2) is 17.0 Å². The molecule has 3 nitrogen and oxygen atoms in total. The monoisotopic (exact) mass is 311 g/mol. The minimum atomic E-state index is -4.00. The molecular formula is C12H16ClF2NO2S. The standard InChI is InChI=1S/C12H16ClF2NO2S/c1-4-8(2)16(3)19(17,18)11-6-5-10(14)9(7-13)12(11)15/h5-6,8H,4,7H2,1-3H3. The van der Waals surface area contributed by atoms with Crippen LogP contribution in [0.25, 0.3) is 0 Å². The molecule has 1 aromatic rings. The minimum Gasteiger partial charge on any atom is -0.207 e. The third-order valence-corrected chi connectivity index (χ3v) is 5.41. The van der Waals surface area contributed by atoms with Crippen molar-refractivity contribution in [2.75, 3.05) is 7.05 Å². The van der Waals surface area contributed by atoms with E-state index in [1.165, 1.54) is 7.05 Å². The Hall–Kier alpha value is -0.720. The molecule has 0 bridgehead atoms. The van der Waals surface area contributed by atoms with Crippen LogP contribution >= 0.6 is 11.6 Å². The Morgan fingerprint density at radius 3 is 2.42 bits per heavy atom. The summed E-state index contributed by atoms with van der Waals surface area (Å²) in [6, 6.07) is 1.56. The molecule has 0 amide bonds. The van der Waals surface area contributed by atoms with Gasteiger partial charge in [-0.05, 0) is 25.5 Å². The molecule has 1 unspecified atom stereocenters. The predicted octanol–water partition coefficient (Wildman–Crippen LogP) is 3.12. The maximum atomic E-state index is 14.0. The quantitative estimate of drug-likeness (QED) is 0.784. The molecule has 0 aromatic heterocycles. The fourth-order valence-electron chi connectivity index (χ4n) is 1.55. The number of alkyl halides is 1. The van der Waals surface area contributed by atoms with Crippen molar-refractivity contribution in [2.45, 2.75) is 37.1 Å². The second kappa shape index (κ2) is 6.15. The topological polar surface area (TPSA) is 37.4 Å². The SMILES string of the molecule is CCC(C)N(C)S(=O)(=O)c1ccc(F)c(CCl)c1F. The van der Waals surface area contributed by atoms with Crippen LogP contribution in [0.3, 0.4) is 0 Å². The molecule has 0 radical (unpaired) electrons. The number of rotatable bonds is 5. The Kier molecular flexibility index (Phi) is 5.29. The normalized spacial score (nSPS) is 13.8. The number of nitrogens with zero attached hydrogens (tertiary/aromatic N) is 1. The first-order valence-corrected chi connectivity index (χ1v) is 7.75. The molecule has 0 heterocycles. The zero-order valence-corrected chi connectivity index (χ0v) is 12.5. The number of sulfonamides is 1. The molecule has 0 saturated heterocycles. The van der Waals surface area contributed by atoms with Crippen LogP contribution in [0, 0.1) is 11.6 Å². The van der Waals surface area contributed by atoms with Crippen molar-refractivity contribution in [2.24, 2.45) is 0 Å². The maximum absolute atomic E-state index is 14.0. The van der Waals surface area contributed by atoms with Gasteiger partial charge in [0.1, 0.15) is 10.7 Å². The lowest BCUT2D eigenvalue weighted by atomic mass is 10.2. The number of hydrogen-bond acceptors (Lipinski definition) is 2. The summed E-state index contributed by atoms with van der Waals surface area (Å²) in [4.78, 5) is -0.549. The van der Waals surface area contributed by atoms with E-state index < -0.39 is 38.0 Å². The Morgan fingerprint density at radius 2 is 1.95 bits per heavy atom. The summed E-state index contributed by atoms with van der Waals surface area (Å²) in [5.74, 6) is -2.39. The molecule has 1 aromatic carbocycles. The van der Waals surface area contributed by atoms with Crippen LogP contribution in [0.1, 0.15) is 25.8 Å². The summed E-state index contributed by atoms with van der Waals surface area (Å²) in [6.07, 6.45) is 0.584. The lowest BCUT2D eigenvalue weighted by Gasteiger charge is -2.23. The molecule has 19 heavy (non-hydrogen) atoms. The van der Waals surface area contributed by atoms with E-state index in [0.717, 1.165) is 16.4 Å². The van der Waals surface area contributed by atoms with Crippen LogP contribution in [0.2, 0.25) is 0 Å². The van der Waals surface area contributed by atoms with Gasteiger partial charge < -0.3 is 0 Å². The summed E-state index contributed by atoms with van der Waals surface area (Å²) >= 11 is 5.44. The second-order valence-electron chi connectivity index (χ2n) is 4.25. The largest absolute Gasteiger partial charge is 0.245 e. The molecule has 0 aliphatic rings. The van der Waals surface area contributed by atoms with Gasteiger partial charge in [-0.1, -0.05) is 6.92 Å². The summed E-state index contributed by atoms with van der Waals surface area (Å²) in [5.41, 5.74) is -0.430. The van der Waals surface area contributed by atoms with Gasteiger partial charge in [0.05, 0.1) is 5.88 Å². The molecular weight excluding hydrogens is 296 g/mol. The molecule has 0 N–H and O–H groups in total. The third kappa shape index (κ3) is 3.07. The van der Waals surface area contributed by atoms with E-state index in [-0.39, 0.29) is 6.04 Å². The van der Waals surface area contributed by atoms with Gasteiger partial charge in [-0.3, -0.25) is 0 Å². The van der Waals surface area contributed by atoms with E-state index in [0.29, 0.717) is 6.42 Å². The molecule has 1 rings (SSSR count). The van der Waals surface area contributed by atoms with Crippen molar-refractivity contribution >= 4 is 21.6 Å². The number of benzene rings is 1. The van der Waals surface area contributed by atoms with E-state index in [4.69, 9.17) is 11.6 Å². The van der Waals surface area contributed by atoms with Gasteiger partial charge in [-0.25, -0.2) is 17.2 Å². The van der Waals surface area contributed by atoms with E-state index >= 15 is 0 Å². The van der Waals surface area contributed by atoms with Gasteiger partial charge in [0.25, 0.3) is 0 Å². The van der Waals surface area contributed by atoms with Crippen LogP contribution in [-0.4, -0.2) is 25.8 Å². The molecule has 108 valence electrons. The zero-order valence-electron chi connectivity index (χ0n) is 11.0. The minimum absolute atomic E-state index is 0.283. The summed E-state index contributed by atoms with van der Waals surface area (Å²) in [5, 5.41) is 0. The van der Waals surface area contributed by atoms with Crippen molar-refractivity contribution in [1.29, 1.82) is 0 Å². The highest BCUT2D eigenvalue weighted by Gasteiger charge is 2.29. The Labute approximate surface area is 117 Å².